The molecule has 1 aliphatic heterocycles. The number of nitrogens with two attached hydrogens (primary N) is 1. The zero-order valence-electron chi connectivity index (χ0n) is 18.7. The molecule has 0 fully saturated rings. The van der Waals surface area contributed by atoms with Crippen LogP contribution in [0, 0.1) is 0 Å². The van der Waals surface area contributed by atoms with Crippen LogP contribution in [0.1, 0.15) is 36.8 Å². The van der Waals surface area contributed by atoms with Crippen LogP contribution in [0.25, 0.3) is 5.69 Å². The number of rotatable bonds is 6. The number of primary sulfonamides is 1. The van der Waals surface area contributed by atoms with E-state index in [1.807, 2.05) is 0 Å². The summed E-state index contributed by atoms with van der Waals surface area (Å²) in [5.74, 6) is -1.79. The van der Waals surface area contributed by atoms with Crippen LogP contribution >= 0.6 is 11.6 Å². The molecule has 2 heterocycles. The van der Waals surface area contributed by atoms with Gasteiger partial charge >= 0.3 is 5.97 Å². The van der Waals surface area contributed by atoms with Crippen molar-refractivity contribution >= 4 is 45.1 Å². The third-order valence-corrected chi connectivity index (χ3v) is 6.71. The molecule has 186 valence electrons. The molecular weight excluding hydrogens is 522 g/mol. The Morgan fingerprint density at radius 2 is 1.57 bits per heavy atom. The van der Waals surface area contributed by atoms with E-state index in [0.717, 1.165) is 4.90 Å². The fraction of sp³-hybridized carbons (Fsp3) is 0.0417. The number of amides is 2. The first-order valence-corrected chi connectivity index (χ1v) is 12.5. The summed E-state index contributed by atoms with van der Waals surface area (Å²) in [6, 6.07) is 16.0. The van der Waals surface area contributed by atoms with Gasteiger partial charge < -0.3 is 4.74 Å². The van der Waals surface area contributed by atoms with Gasteiger partial charge in [-0.15, -0.1) is 5.10 Å². The summed E-state index contributed by atoms with van der Waals surface area (Å²) < 4.78 is 29.5. The SMILES string of the molecule is NS(=O)(=O)c1ccc(-n2cc(COC(=O)c3ccc4c(c3)C(=O)N(c3ccc(Cl)cc3)C4=O)nn2)cc1. The molecule has 5 rings (SSSR count). The number of anilines is 1. The number of nitrogens with zero attached hydrogens (tertiary/aromatic N) is 4. The van der Waals surface area contributed by atoms with Gasteiger partial charge in [-0.1, -0.05) is 16.8 Å². The Balaban J connectivity index is 1.27. The van der Waals surface area contributed by atoms with Crippen molar-refractivity contribution < 1.29 is 27.5 Å². The van der Waals surface area contributed by atoms with Crippen molar-refractivity contribution in [2.75, 3.05) is 4.90 Å². The Hall–Kier alpha value is -4.39. The standard InChI is InChI=1S/C24H16ClN5O6S/c25-15-2-4-18(5-3-15)30-22(31)20-10-1-14(11-21(20)23(30)32)24(33)36-13-16-12-29(28-27-16)17-6-8-19(9-7-17)37(26,34)35/h1-12H,13H2,(H2,26,34,35). The van der Waals surface area contributed by atoms with Crippen LogP contribution in [0.4, 0.5) is 5.69 Å². The second-order valence-corrected chi connectivity index (χ2v) is 9.95. The number of hydrogen-bond acceptors (Lipinski definition) is 8. The number of carbonyl (C=O) groups excluding carboxylic acids is 3. The lowest BCUT2D eigenvalue weighted by molar-refractivity contribution is 0.0467. The van der Waals surface area contributed by atoms with Crippen LogP contribution in [0.5, 0.6) is 0 Å². The van der Waals surface area contributed by atoms with Crippen LogP contribution in [0.15, 0.2) is 77.8 Å². The maximum Gasteiger partial charge on any atom is 0.338 e. The van der Waals surface area contributed by atoms with E-state index in [-0.39, 0.29) is 28.2 Å². The average molecular weight is 538 g/mol. The fourth-order valence-corrected chi connectivity index (χ4v) is 4.34. The molecule has 0 saturated heterocycles. The predicted octanol–water partition coefficient (Wildman–Crippen LogP) is 2.73. The molecule has 1 aromatic heterocycles. The van der Waals surface area contributed by atoms with E-state index in [4.69, 9.17) is 21.5 Å². The van der Waals surface area contributed by atoms with Crippen molar-refractivity contribution in [1.29, 1.82) is 0 Å². The van der Waals surface area contributed by atoms with Crippen molar-refractivity contribution in [1.82, 2.24) is 15.0 Å². The highest BCUT2D eigenvalue weighted by Crippen LogP contribution is 2.30. The highest BCUT2D eigenvalue weighted by atomic mass is 35.5. The van der Waals surface area contributed by atoms with Crippen molar-refractivity contribution in [3.8, 4) is 5.69 Å². The highest BCUT2D eigenvalue weighted by Gasteiger charge is 2.37. The van der Waals surface area contributed by atoms with Crippen molar-refractivity contribution in [2.24, 2.45) is 5.14 Å². The smallest absolute Gasteiger partial charge is 0.338 e. The summed E-state index contributed by atoms with van der Waals surface area (Å²) in [6.45, 7) is -0.213. The molecule has 0 radical (unpaired) electrons. The Morgan fingerprint density at radius 1 is 0.919 bits per heavy atom. The van der Waals surface area contributed by atoms with Gasteiger partial charge in [-0.2, -0.15) is 0 Å². The van der Waals surface area contributed by atoms with E-state index in [1.165, 1.54) is 53.3 Å². The highest BCUT2D eigenvalue weighted by molar-refractivity contribution is 7.89. The monoisotopic (exact) mass is 537 g/mol. The topological polar surface area (TPSA) is 155 Å². The van der Waals surface area contributed by atoms with Gasteiger partial charge in [-0.05, 0) is 66.7 Å². The Bertz CT molecular complexity index is 1670. The van der Waals surface area contributed by atoms with Gasteiger partial charge in [-0.25, -0.2) is 27.9 Å². The van der Waals surface area contributed by atoms with Crippen LogP contribution < -0.4 is 10.0 Å². The molecule has 4 aromatic rings. The number of ether oxygens (including phenoxy) is 1. The maximum atomic E-state index is 12.9. The molecule has 13 heteroatoms. The molecule has 0 saturated carbocycles. The minimum atomic E-state index is -3.82. The number of benzene rings is 3. The summed E-state index contributed by atoms with van der Waals surface area (Å²) in [7, 11) is -3.82. The average Bonchev–Trinajstić information content (AvgIpc) is 3.45. The van der Waals surface area contributed by atoms with Gasteiger partial charge in [0, 0.05) is 5.02 Å². The minimum Gasteiger partial charge on any atom is -0.455 e. The van der Waals surface area contributed by atoms with E-state index in [0.29, 0.717) is 22.1 Å². The van der Waals surface area contributed by atoms with E-state index < -0.39 is 27.8 Å². The van der Waals surface area contributed by atoms with Gasteiger partial charge in [0.1, 0.15) is 12.3 Å². The molecule has 2 N–H and O–H groups in total. The van der Waals surface area contributed by atoms with E-state index in [1.54, 1.807) is 24.3 Å². The van der Waals surface area contributed by atoms with Gasteiger partial charge in [0.25, 0.3) is 11.8 Å². The third-order valence-electron chi connectivity index (χ3n) is 5.53. The van der Waals surface area contributed by atoms with Crippen molar-refractivity contribution in [2.45, 2.75) is 11.5 Å². The number of fused-ring (bicyclic) bond motifs is 1. The van der Waals surface area contributed by atoms with Gasteiger partial charge in [0.2, 0.25) is 10.0 Å². The number of esters is 1. The lowest BCUT2D eigenvalue weighted by atomic mass is 10.1. The Kier molecular flexibility index (Phi) is 6.07. The molecule has 1 aliphatic rings. The largest absolute Gasteiger partial charge is 0.455 e. The number of sulfonamides is 1. The number of aromatic nitrogens is 3. The second-order valence-electron chi connectivity index (χ2n) is 7.95. The lowest BCUT2D eigenvalue weighted by Crippen LogP contribution is -2.29. The van der Waals surface area contributed by atoms with Crippen molar-refractivity contribution in [3.05, 3.63) is 100 Å². The zero-order chi connectivity index (χ0) is 26.3. The number of halogens is 1. The molecule has 0 unspecified atom stereocenters. The molecular formula is C24H16ClN5O6S. The number of carbonyl (C=O) groups is 3. The Labute approximate surface area is 215 Å². The van der Waals surface area contributed by atoms with Crippen LogP contribution in [0.3, 0.4) is 0 Å². The summed E-state index contributed by atoms with van der Waals surface area (Å²) >= 11 is 5.89. The zero-order valence-corrected chi connectivity index (χ0v) is 20.3. The summed E-state index contributed by atoms with van der Waals surface area (Å²) in [5, 5.41) is 13.4. The summed E-state index contributed by atoms with van der Waals surface area (Å²) in [5.41, 5.74) is 1.55. The van der Waals surface area contributed by atoms with E-state index in [2.05, 4.69) is 10.3 Å². The molecule has 0 atom stereocenters. The molecule has 37 heavy (non-hydrogen) atoms. The third kappa shape index (κ3) is 4.72. The first kappa shape index (κ1) is 24.3. The predicted molar refractivity (Wildman–Crippen MR) is 131 cm³/mol. The first-order valence-electron chi connectivity index (χ1n) is 10.6. The fourth-order valence-electron chi connectivity index (χ4n) is 3.69. The lowest BCUT2D eigenvalue weighted by Gasteiger charge is -2.13. The normalized spacial score (nSPS) is 13.1. The molecule has 11 nitrogen and oxygen atoms in total. The van der Waals surface area contributed by atoms with Gasteiger partial charge in [0.05, 0.1) is 39.2 Å². The molecule has 0 bridgehead atoms. The Morgan fingerprint density at radius 3 is 2.24 bits per heavy atom. The number of imide groups is 1. The van der Waals surface area contributed by atoms with Crippen LogP contribution in [-0.2, 0) is 21.4 Å². The van der Waals surface area contributed by atoms with Crippen molar-refractivity contribution in [3.63, 3.8) is 0 Å². The minimum absolute atomic E-state index is 0.0451. The van der Waals surface area contributed by atoms with Gasteiger partial charge in [-0.3, -0.25) is 9.59 Å². The molecule has 2 amide bonds. The summed E-state index contributed by atoms with van der Waals surface area (Å²) in [6.07, 6.45) is 1.51. The van der Waals surface area contributed by atoms with E-state index in [9.17, 15) is 22.8 Å². The molecule has 0 aliphatic carbocycles. The second kappa shape index (κ2) is 9.24. The van der Waals surface area contributed by atoms with E-state index >= 15 is 0 Å². The quantitative estimate of drug-likeness (QED) is 0.291. The first-order chi connectivity index (χ1) is 17.6. The van der Waals surface area contributed by atoms with Crippen LogP contribution in [-0.4, -0.2) is 41.2 Å². The van der Waals surface area contributed by atoms with Gasteiger partial charge in [0.15, 0.2) is 0 Å². The summed E-state index contributed by atoms with van der Waals surface area (Å²) in [4.78, 5) is 39.3. The maximum absolute atomic E-state index is 12.9. The number of hydrogen-bond donors (Lipinski definition) is 1. The molecule has 0 spiro atoms. The molecule has 3 aromatic carbocycles. The van der Waals surface area contributed by atoms with Crippen LogP contribution in [0.2, 0.25) is 5.02 Å².